The minimum Gasteiger partial charge on any atom is -0.481 e. The third kappa shape index (κ3) is 3.14. The molecule has 0 unspecified atom stereocenters. The van der Waals surface area contributed by atoms with Crippen molar-refractivity contribution in [3.8, 4) is 0 Å². The lowest BCUT2D eigenvalue weighted by atomic mass is 9.71. The summed E-state index contributed by atoms with van der Waals surface area (Å²) in [6.45, 7) is 0. The molecule has 1 aromatic heterocycles. The summed E-state index contributed by atoms with van der Waals surface area (Å²) in [5.74, 6) is -0.630. The molecule has 0 spiro atoms. The van der Waals surface area contributed by atoms with Crippen LogP contribution in [-0.2, 0) is 11.2 Å². The molecule has 2 aliphatic rings. The summed E-state index contributed by atoms with van der Waals surface area (Å²) < 4.78 is 2.09. The molecule has 1 N–H and O–H groups in total. The van der Waals surface area contributed by atoms with Crippen molar-refractivity contribution in [2.45, 2.75) is 76.7 Å². The highest BCUT2D eigenvalue weighted by Gasteiger charge is 2.40. The molecule has 21 heavy (non-hydrogen) atoms. The number of rotatable bonds is 4. The topological polar surface area (TPSA) is 55.1 Å². The molecule has 1 heterocycles. The zero-order chi connectivity index (χ0) is 14.7. The number of nitrogens with zero attached hydrogens (tertiary/aromatic N) is 2. The van der Waals surface area contributed by atoms with Crippen molar-refractivity contribution in [1.29, 1.82) is 0 Å². The number of aromatic nitrogens is 2. The molecule has 0 radical (unpaired) electrons. The first-order valence-electron chi connectivity index (χ1n) is 8.47. The summed E-state index contributed by atoms with van der Waals surface area (Å²) in [6, 6.07) is 2.56. The fourth-order valence-electron chi connectivity index (χ4n) is 4.06. The van der Waals surface area contributed by atoms with Crippen LogP contribution >= 0.6 is 0 Å². The Morgan fingerprint density at radius 2 is 1.86 bits per heavy atom. The van der Waals surface area contributed by atoms with Crippen LogP contribution in [0, 0.1) is 5.41 Å². The maximum Gasteiger partial charge on any atom is 0.310 e. The van der Waals surface area contributed by atoms with Crippen LogP contribution in [0.3, 0.4) is 0 Å². The van der Waals surface area contributed by atoms with Gasteiger partial charge in [-0.25, -0.2) is 0 Å². The molecule has 0 atom stereocenters. The SMILES string of the molecule is O=C(O)C1(Cc2ccn(C3CCCCC3)n2)CCCCC1. The monoisotopic (exact) mass is 290 g/mol. The van der Waals surface area contributed by atoms with E-state index in [4.69, 9.17) is 5.10 Å². The second kappa shape index (κ2) is 6.20. The predicted molar refractivity (Wildman–Crippen MR) is 81.2 cm³/mol. The summed E-state index contributed by atoms with van der Waals surface area (Å²) in [5, 5.41) is 14.4. The first kappa shape index (κ1) is 14.6. The van der Waals surface area contributed by atoms with Gasteiger partial charge in [0, 0.05) is 12.6 Å². The Balaban J connectivity index is 1.71. The number of aliphatic carboxylic acids is 1. The first-order valence-corrected chi connectivity index (χ1v) is 8.47. The number of carbonyl (C=O) groups is 1. The van der Waals surface area contributed by atoms with Gasteiger partial charge in [-0.2, -0.15) is 5.10 Å². The molecule has 4 nitrogen and oxygen atoms in total. The van der Waals surface area contributed by atoms with Crippen molar-refractivity contribution >= 4 is 5.97 Å². The first-order chi connectivity index (χ1) is 10.2. The minimum absolute atomic E-state index is 0.527. The van der Waals surface area contributed by atoms with Gasteiger partial charge in [-0.3, -0.25) is 9.48 Å². The summed E-state index contributed by atoms with van der Waals surface area (Å²) in [4.78, 5) is 11.8. The van der Waals surface area contributed by atoms with E-state index in [9.17, 15) is 9.90 Å². The summed E-state index contributed by atoms with van der Waals surface area (Å²) in [6.07, 6.45) is 13.9. The summed E-state index contributed by atoms with van der Waals surface area (Å²) in [7, 11) is 0. The van der Waals surface area contributed by atoms with E-state index in [1.807, 2.05) is 6.07 Å². The minimum atomic E-state index is -0.630. The number of carboxylic acids is 1. The van der Waals surface area contributed by atoms with Crippen LogP contribution in [0.1, 0.15) is 75.9 Å². The standard InChI is InChI=1S/C17H26N2O2/c20-16(21)17(10-5-2-6-11-17)13-14-9-12-19(18-14)15-7-3-1-4-8-15/h9,12,15H,1-8,10-11,13H2,(H,20,21). The average Bonchev–Trinajstić information content (AvgIpc) is 2.97. The van der Waals surface area contributed by atoms with Crippen molar-refractivity contribution < 1.29 is 9.90 Å². The molecule has 0 aliphatic heterocycles. The molecule has 2 fully saturated rings. The van der Waals surface area contributed by atoms with E-state index in [2.05, 4.69) is 10.9 Å². The normalized spacial score (nSPS) is 23.0. The molecule has 0 amide bonds. The Morgan fingerprint density at radius 1 is 1.19 bits per heavy atom. The quantitative estimate of drug-likeness (QED) is 0.913. The van der Waals surface area contributed by atoms with Gasteiger partial charge in [0.15, 0.2) is 0 Å². The van der Waals surface area contributed by atoms with Gasteiger partial charge in [-0.05, 0) is 31.7 Å². The van der Waals surface area contributed by atoms with E-state index < -0.39 is 11.4 Å². The third-order valence-electron chi connectivity index (χ3n) is 5.40. The Kier molecular flexibility index (Phi) is 4.32. The molecule has 2 aliphatic carbocycles. The van der Waals surface area contributed by atoms with Crippen LogP contribution in [0.2, 0.25) is 0 Å². The largest absolute Gasteiger partial charge is 0.481 e. The summed E-state index contributed by atoms with van der Waals surface area (Å²) >= 11 is 0. The van der Waals surface area contributed by atoms with Gasteiger partial charge in [0.2, 0.25) is 0 Å². The molecule has 0 saturated heterocycles. The van der Waals surface area contributed by atoms with E-state index in [0.717, 1.165) is 31.4 Å². The Morgan fingerprint density at radius 3 is 2.52 bits per heavy atom. The van der Waals surface area contributed by atoms with Crippen molar-refractivity contribution in [3.05, 3.63) is 18.0 Å². The van der Waals surface area contributed by atoms with Crippen LogP contribution in [0.25, 0.3) is 0 Å². The zero-order valence-electron chi connectivity index (χ0n) is 12.8. The highest BCUT2D eigenvalue weighted by atomic mass is 16.4. The van der Waals surface area contributed by atoms with Gasteiger partial charge in [-0.1, -0.05) is 38.5 Å². The third-order valence-corrected chi connectivity index (χ3v) is 5.40. The molecule has 2 saturated carbocycles. The van der Waals surface area contributed by atoms with E-state index in [1.165, 1.54) is 38.5 Å². The van der Waals surface area contributed by atoms with E-state index in [1.54, 1.807) is 0 Å². The smallest absolute Gasteiger partial charge is 0.310 e. The van der Waals surface area contributed by atoms with Crippen molar-refractivity contribution in [2.75, 3.05) is 0 Å². The molecule has 4 heteroatoms. The average molecular weight is 290 g/mol. The lowest BCUT2D eigenvalue weighted by Crippen LogP contribution is -2.35. The van der Waals surface area contributed by atoms with Gasteiger partial charge in [0.25, 0.3) is 0 Å². The maximum absolute atomic E-state index is 11.8. The lowest BCUT2D eigenvalue weighted by Gasteiger charge is -2.32. The maximum atomic E-state index is 11.8. The molecular weight excluding hydrogens is 264 g/mol. The van der Waals surface area contributed by atoms with Crippen molar-refractivity contribution in [2.24, 2.45) is 5.41 Å². The van der Waals surface area contributed by atoms with Crippen LogP contribution in [-0.4, -0.2) is 20.9 Å². The second-order valence-corrected chi connectivity index (χ2v) is 6.90. The lowest BCUT2D eigenvalue weighted by molar-refractivity contribution is -0.151. The summed E-state index contributed by atoms with van der Waals surface area (Å²) in [5.41, 5.74) is 0.397. The number of hydrogen-bond acceptors (Lipinski definition) is 2. The highest BCUT2D eigenvalue weighted by molar-refractivity contribution is 5.75. The van der Waals surface area contributed by atoms with E-state index >= 15 is 0 Å². The fraction of sp³-hybridized carbons (Fsp3) is 0.765. The zero-order valence-corrected chi connectivity index (χ0v) is 12.8. The predicted octanol–water partition coefficient (Wildman–Crippen LogP) is 3.97. The van der Waals surface area contributed by atoms with Gasteiger partial charge in [0.1, 0.15) is 0 Å². The molecule has 116 valence electrons. The van der Waals surface area contributed by atoms with Crippen LogP contribution in [0.4, 0.5) is 0 Å². The van der Waals surface area contributed by atoms with Gasteiger partial charge in [-0.15, -0.1) is 0 Å². The molecule has 0 bridgehead atoms. The van der Waals surface area contributed by atoms with Crippen LogP contribution < -0.4 is 0 Å². The van der Waals surface area contributed by atoms with Crippen molar-refractivity contribution in [3.63, 3.8) is 0 Å². The van der Waals surface area contributed by atoms with Crippen LogP contribution in [0.5, 0.6) is 0 Å². The van der Waals surface area contributed by atoms with Gasteiger partial charge < -0.3 is 5.11 Å². The van der Waals surface area contributed by atoms with Crippen molar-refractivity contribution in [1.82, 2.24) is 9.78 Å². The molecule has 3 rings (SSSR count). The van der Waals surface area contributed by atoms with Gasteiger partial charge in [0.05, 0.1) is 17.2 Å². The fourth-order valence-corrected chi connectivity index (χ4v) is 4.06. The van der Waals surface area contributed by atoms with E-state index in [0.29, 0.717) is 12.5 Å². The highest BCUT2D eigenvalue weighted by Crippen LogP contribution is 2.39. The Hall–Kier alpha value is -1.32. The second-order valence-electron chi connectivity index (χ2n) is 6.90. The number of carboxylic acid groups (broad SMARTS) is 1. The molecule has 0 aromatic carbocycles. The van der Waals surface area contributed by atoms with Gasteiger partial charge >= 0.3 is 5.97 Å². The molecule has 1 aromatic rings. The Labute approximate surface area is 126 Å². The van der Waals surface area contributed by atoms with Crippen LogP contribution in [0.15, 0.2) is 12.3 Å². The number of hydrogen-bond donors (Lipinski definition) is 1. The van der Waals surface area contributed by atoms with E-state index in [-0.39, 0.29) is 0 Å². The Bertz CT molecular complexity index is 483. The molecular formula is C17H26N2O2.